The van der Waals surface area contributed by atoms with Gasteiger partial charge < -0.3 is 18.9 Å². The summed E-state index contributed by atoms with van der Waals surface area (Å²) >= 11 is 1.60. The monoisotopic (exact) mass is 477 g/mol. The second-order valence-electron chi connectivity index (χ2n) is 7.17. The van der Waals surface area contributed by atoms with Gasteiger partial charge in [0.1, 0.15) is 0 Å². The van der Waals surface area contributed by atoms with Gasteiger partial charge in [0, 0.05) is 15.9 Å². The molecule has 1 aliphatic rings. The molecule has 8 heteroatoms. The molecule has 1 heterocycles. The Kier molecular flexibility index (Phi) is 7.08. The van der Waals surface area contributed by atoms with Crippen molar-refractivity contribution in [2.75, 3.05) is 32.8 Å². The number of rotatable bonds is 7. The number of amides is 1. The first-order chi connectivity index (χ1) is 16.5. The van der Waals surface area contributed by atoms with Crippen molar-refractivity contribution in [1.82, 2.24) is 0 Å². The largest absolute Gasteiger partial charge is 0.493 e. The van der Waals surface area contributed by atoms with Crippen LogP contribution < -0.4 is 19.1 Å². The maximum atomic E-state index is 13.1. The predicted octanol–water partition coefficient (Wildman–Crippen LogP) is 5.10. The molecule has 0 N–H and O–H groups in total. The van der Waals surface area contributed by atoms with Crippen molar-refractivity contribution in [1.29, 1.82) is 0 Å². The van der Waals surface area contributed by atoms with Gasteiger partial charge in [0.2, 0.25) is 5.75 Å². The fourth-order valence-electron chi connectivity index (χ4n) is 3.58. The molecule has 0 saturated heterocycles. The molecule has 0 unspecified atom stereocenters. The smallest absolute Gasteiger partial charge is 0.331 e. The molecule has 0 saturated carbocycles. The molecular formula is C26H23NO6S. The van der Waals surface area contributed by atoms with Crippen molar-refractivity contribution in [2.45, 2.75) is 9.79 Å². The summed E-state index contributed by atoms with van der Waals surface area (Å²) in [7, 11) is 4.54. The summed E-state index contributed by atoms with van der Waals surface area (Å²) in [6.07, 6.45) is 2.81. The molecule has 4 rings (SSSR count). The number of nitrogens with zero attached hydrogens (tertiary/aromatic N) is 1. The molecule has 3 aromatic carbocycles. The Balaban J connectivity index is 1.47. The first-order valence-electron chi connectivity index (χ1n) is 10.4. The molecular weight excluding hydrogens is 454 g/mol. The van der Waals surface area contributed by atoms with E-state index in [0.717, 1.165) is 21.2 Å². The number of esters is 1. The summed E-state index contributed by atoms with van der Waals surface area (Å²) in [5, 5.41) is 0. The minimum absolute atomic E-state index is 0.338. The highest BCUT2D eigenvalue weighted by Gasteiger charge is 2.28. The first kappa shape index (κ1) is 23.3. The Bertz CT molecular complexity index is 1190. The van der Waals surface area contributed by atoms with E-state index in [9.17, 15) is 9.59 Å². The summed E-state index contributed by atoms with van der Waals surface area (Å²) in [5.74, 6) is 0.399. The van der Waals surface area contributed by atoms with E-state index < -0.39 is 12.6 Å². The molecule has 1 aliphatic heterocycles. The van der Waals surface area contributed by atoms with E-state index in [1.807, 2.05) is 48.5 Å². The molecule has 7 nitrogen and oxygen atoms in total. The first-order valence-corrected chi connectivity index (χ1v) is 11.2. The lowest BCUT2D eigenvalue weighted by atomic mass is 10.1. The van der Waals surface area contributed by atoms with Gasteiger partial charge in [-0.25, -0.2) is 4.79 Å². The van der Waals surface area contributed by atoms with E-state index in [2.05, 4.69) is 0 Å². The van der Waals surface area contributed by atoms with Gasteiger partial charge in [0.25, 0.3) is 5.91 Å². The Morgan fingerprint density at radius 1 is 0.853 bits per heavy atom. The highest BCUT2D eigenvalue weighted by molar-refractivity contribution is 7.99. The van der Waals surface area contributed by atoms with E-state index in [-0.39, 0.29) is 5.91 Å². The van der Waals surface area contributed by atoms with Gasteiger partial charge in [-0.3, -0.25) is 9.69 Å². The molecule has 0 spiro atoms. The topological polar surface area (TPSA) is 74.3 Å². The quantitative estimate of drug-likeness (QED) is 0.346. The average molecular weight is 478 g/mol. The zero-order valence-corrected chi connectivity index (χ0v) is 19.8. The lowest BCUT2D eigenvalue weighted by molar-refractivity contribution is -0.142. The van der Waals surface area contributed by atoms with Crippen LogP contribution in [0.25, 0.3) is 6.08 Å². The van der Waals surface area contributed by atoms with Crippen molar-refractivity contribution in [2.24, 2.45) is 0 Å². The molecule has 0 aliphatic carbocycles. The number of hydrogen-bond acceptors (Lipinski definition) is 7. The van der Waals surface area contributed by atoms with Gasteiger partial charge in [-0.1, -0.05) is 36.0 Å². The second-order valence-corrected chi connectivity index (χ2v) is 8.25. The summed E-state index contributed by atoms with van der Waals surface area (Å²) in [6.45, 7) is -0.397. The molecule has 174 valence electrons. The molecule has 0 aromatic heterocycles. The van der Waals surface area contributed by atoms with Gasteiger partial charge >= 0.3 is 5.97 Å². The fourth-order valence-corrected chi connectivity index (χ4v) is 4.64. The number of benzene rings is 3. The Morgan fingerprint density at radius 3 is 1.94 bits per heavy atom. The minimum atomic E-state index is -0.643. The van der Waals surface area contributed by atoms with Gasteiger partial charge in [0.05, 0.1) is 32.7 Å². The van der Waals surface area contributed by atoms with Crippen molar-refractivity contribution >= 4 is 41.1 Å². The van der Waals surface area contributed by atoms with E-state index in [4.69, 9.17) is 18.9 Å². The van der Waals surface area contributed by atoms with E-state index in [0.29, 0.717) is 22.8 Å². The Labute approximate surface area is 201 Å². The average Bonchev–Trinajstić information content (AvgIpc) is 2.88. The second kappa shape index (κ2) is 10.4. The summed E-state index contributed by atoms with van der Waals surface area (Å²) in [6, 6.07) is 18.7. The number of fused-ring (bicyclic) bond motifs is 2. The highest BCUT2D eigenvalue weighted by atomic mass is 32.2. The van der Waals surface area contributed by atoms with Crippen LogP contribution in [0, 0.1) is 0 Å². The Hall–Kier alpha value is -3.91. The highest BCUT2D eigenvalue weighted by Crippen LogP contribution is 2.47. The van der Waals surface area contributed by atoms with Crippen LogP contribution in [0.2, 0.25) is 0 Å². The van der Waals surface area contributed by atoms with Gasteiger partial charge in [0.15, 0.2) is 18.1 Å². The van der Waals surface area contributed by atoms with Gasteiger partial charge in [-0.15, -0.1) is 0 Å². The zero-order chi connectivity index (χ0) is 24.1. The number of carbonyl (C=O) groups excluding carboxylic acids is 2. The lowest BCUT2D eigenvalue weighted by Gasteiger charge is -2.30. The number of ether oxygens (including phenoxy) is 4. The van der Waals surface area contributed by atoms with Crippen LogP contribution in [-0.2, 0) is 14.3 Å². The third kappa shape index (κ3) is 4.72. The molecule has 34 heavy (non-hydrogen) atoms. The molecule has 1 amide bonds. The van der Waals surface area contributed by atoms with Crippen LogP contribution in [0.4, 0.5) is 11.4 Å². The summed E-state index contributed by atoms with van der Waals surface area (Å²) in [4.78, 5) is 29.0. The molecule has 3 aromatic rings. The van der Waals surface area contributed by atoms with Crippen LogP contribution in [0.15, 0.2) is 76.5 Å². The standard InChI is InChI=1S/C26H23NO6S/c1-30-20-14-17(15-21(31-2)26(20)32-3)12-13-25(29)33-16-24(28)27-18-8-4-6-10-22(18)34-23-11-7-5-9-19(23)27/h4-15H,16H2,1-3H3. The summed E-state index contributed by atoms with van der Waals surface area (Å²) < 4.78 is 21.2. The zero-order valence-electron chi connectivity index (χ0n) is 18.9. The van der Waals surface area contributed by atoms with Gasteiger partial charge in [-0.05, 0) is 48.0 Å². The van der Waals surface area contributed by atoms with Crippen LogP contribution in [-0.4, -0.2) is 39.8 Å². The number of hydrogen-bond donors (Lipinski definition) is 0. The van der Waals surface area contributed by atoms with E-state index in [1.165, 1.54) is 27.4 Å². The van der Waals surface area contributed by atoms with Crippen LogP contribution in [0.3, 0.4) is 0 Å². The predicted molar refractivity (Wildman–Crippen MR) is 130 cm³/mol. The fraction of sp³-hybridized carbons (Fsp3) is 0.154. The van der Waals surface area contributed by atoms with Crippen molar-refractivity contribution in [3.63, 3.8) is 0 Å². The maximum Gasteiger partial charge on any atom is 0.331 e. The maximum absolute atomic E-state index is 13.1. The van der Waals surface area contributed by atoms with Gasteiger partial charge in [-0.2, -0.15) is 0 Å². The number of para-hydroxylation sites is 2. The van der Waals surface area contributed by atoms with E-state index >= 15 is 0 Å². The third-order valence-electron chi connectivity index (χ3n) is 5.12. The van der Waals surface area contributed by atoms with Crippen LogP contribution >= 0.6 is 11.8 Å². The SMILES string of the molecule is COc1cc(C=CC(=O)OCC(=O)N2c3ccccc3Sc3ccccc32)cc(OC)c1OC. The number of anilines is 2. The molecule has 0 radical (unpaired) electrons. The lowest BCUT2D eigenvalue weighted by Crippen LogP contribution is -2.32. The molecule has 0 bridgehead atoms. The molecule has 0 atom stereocenters. The third-order valence-corrected chi connectivity index (χ3v) is 6.25. The summed E-state index contributed by atoms with van der Waals surface area (Å²) in [5.41, 5.74) is 2.18. The van der Waals surface area contributed by atoms with E-state index in [1.54, 1.807) is 34.9 Å². The van der Waals surface area contributed by atoms with Crippen LogP contribution in [0.1, 0.15) is 5.56 Å². The number of methoxy groups -OCH3 is 3. The van der Waals surface area contributed by atoms with Crippen LogP contribution in [0.5, 0.6) is 17.2 Å². The van der Waals surface area contributed by atoms with Crippen molar-refractivity contribution < 1.29 is 28.5 Å². The molecule has 0 fully saturated rings. The number of carbonyl (C=O) groups is 2. The van der Waals surface area contributed by atoms with Crippen molar-refractivity contribution in [3.05, 3.63) is 72.3 Å². The van der Waals surface area contributed by atoms with Crippen molar-refractivity contribution in [3.8, 4) is 17.2 Å². The minimum Gasteiger partial charge on any atom is -0.493 e. The Morgan fingerprint density at radius 2 is 1.41 bits per heavy atom. The normalized spacial score (nSPS) is 12.0.